The number of carbonyl (C=O) groups excluding carboxylic acids is 2. The Labute approximate surface area is 102 Å². The SMILES string of the molecule is NC(=O)C(Cl)=C(Cl)C(=O)C(Cl)(Cl)Br. The summed E-state index contributed by atoms with van der Waals surface area (Å²) in [6.07, 6.45) is 0. The second-order valence-corrected chi connectivity index (χ2v) is 6.00. The van der Waals surface area contributed by atoms with E-state index >= 15 is 0 Å². The molecule has 8 heteroatoms. The molecule has 0 radical (unpaired) electrons. The van der Waals surface area contributed by atoms with Crippen LogP contribution in [0, 0.1) is 0 Å². The van der Waals surface area contributed by atoms with Crippen molar-refractivity contribution in [3.63, 3.8) is 0 Å². The van der Waals surface area contributed by atoms with Crippen LogP contribution in [0.5, 0.6) is 0 Å². The lowest BCUT2D eigenvalue weighted by Crippen LogP contribution is -2.21. The molecule has 0 aliphatic heterocycles. The van der Waals surface area contributed by atoms with Crippen LogP contribution in [0.3, 0.4) is 0 Å². The summed E-state index contributed by atoms with van der Waals surface area (Å²) in [6, 6.07) is 0. The van der Waals surface area contributed by atoms with Crippen LogP contribution >= 0.6 is 62.3 Å². The average molecular weight is 330 g/mol. The number of carbonyl (C=O) groups is 2. The van der Waals surface area contributed by atoms with Crippen LogP contribution in [0.2, 0.25) is 0 Å². The number of nitrogens with two attached hydrogens (primary N) is 1. The fourth-order valence-electron chi connectivity index (χ4n) is 0.332. The standard InChI is InChI=1S/C5H2BrCl4NO2/c6-5(9,10)3(12)1(7)2(8)4(11)13/h(H2,11,13). The van der Waals surface area contributed by atoms with E-state index in [0.717, 1.165) is 0 Å². The Kier molecular flexibility index (Phi) is 5.04. The van der Waals surface area contributed by atoms with E-state index in [1.807, 2.05) is 0 Å². The lowest BCUT2D eigenvalue weighted by atomic mass is 10.3. The molecular weight excluding hydrogens is 328 g/mol. The second kappa shape index (κ2) is 4.84. The van der Waals surface area contributed by atoms with Crippen molar-refractivity contribution < 1.29 is 9.59 Å². The van der Waals surface area contributed by atoms with Crippen molar-refractivity contribution in [2.45, 2.75) is 3.24 Å². The molecule has 0 unspecified atom stereocenters. The molecule has 0 aliphatic rings. The van der Waals surface area contributed by atoms with E-state index in [4.69, 9.17) is 52.1 Å². The van der Waals surface area contributed by atoms with E-state index in [-0.39, 0.29) is 0 Å². The Morgan fingerprint density at radius 2 is 1.54 bits per heavy atom. The van der Waals surface area contributed by atoms with Gasteiger partial charge in [0.1, 0.15) is 10.1 Å². The zero-order chi connectivity index (χ0) is 10.8. The molecule has 0 aromatic rings. The number of alkyl halides is 3. The normalized spacial score (nSPS) is 13.6. The molecule has 0 heterocycles. The van der Waals surface area contributed by atoms with Crippen LogP contribution in [0.1, 0.15) is 0 Å². The number of Topliss-reactive ketones (excluding diaryl/α,β-unsaturated/α-hetero) is 1. The summed E-state index contributed by atoms with van der Waals surface area (Å²) >= 11 is 23.9. The summed E-state index contributed by atoms with van der Waals surface area (Å²) in [6.45, 7) is 0. The van der Waals surface area contributed by atoms with E-state index in [2.05, 4.69) is 15.9 Å². The first kappa shape index (κ1) is 13.5. The molecule has 0 bridgehead atoms. The maximum Gasteiger partial charge on any atom is 0.261 e. The first-order chi connectivity index (χ1) is 5.68. The van der Waals surface area contributed by atoms with E-state index in [0.29, 0.717) is 0 Å². The molecule has 0 atom stereocenters. The quantitative estimate of drug-likeness (QED) is 0.637. The van der Waals surface area contributed by atoms with Crippen molar-refractivity contribution in [2.75, 3.05) is 0 Å². The summed E-state index contributed by atoms with van der Waals surface area (Å²) in [5, 5.41) is -1.23. The van der Waals surface area contributed by atoms with Crippen LogP contribution < -0.4 is 5.73 Å². The molecular formula is C5H2BrCl4NO2. The predicted molar refractivity (Wildman–Crippen MR) is 56.3 cm³/mol. The third kappa shape index (κ3) is 4.04. The maximum absolute atomic E-state index is 11.1. The van der Waals surface area contributed by atoms with Crippen LogP contribution in [0.4, 0.5) is 0 Å². The summed E-state index contributed by atoms with van der Waals surface area (Å²) in [5.74, 6) is -1.99. The van der Waals surface area contributed by atoms with Gasteiger partial charge in [-0.1, -0.05) is 46.4 Å². The van der Waals surface area contributed by atoms with Crippen molar-refractivity contribution in [2.24, 2.45) is 5.73 Å². The monoisotopic (exact) mass is 327 g/mol. The summed E-state index contributed by atoms with van der Waals surface area (Å²) in [5.41, 5.74) is 4.75. The summed E-state index contributed by atoms with van der Waals surface area (Å²) in [4.78, 5) is 21.6. The van der Waals surface area contributed by atoms with Gasteiger partial charge in [-0.2, -0.15) is 0 Å². The molecule has 0 saturated heterocycles. The number of rotatable bonds is 3. The highest BCUT2D eigenvalue weighted by molar-refractivity contribution is 9.11. The van der Waals surface area contributed by atoms with Gasteiger partial charge in [0.15, 0.2) is 0 Å². The molecule has 3 nitrogen and oxygen atoms in total. The van der Waals surface area contributed by atoms with Gasteiger partial charge in [0.25, 0.3) is 5.91 Å². The van der Waals surface area contributed by atoms with Gasteiger partial charge in [-0.3, -0.25) is 9.59 Å². The molecule has 0 aromatic heterocycles. The van der Waals surface area contributed by atoms with Gasteiger partial charge in [-0.25, -0.2) is 0 Å². The van der Waals surface area contributed by atoms with Gasteiger partial charge in [0.2, 0.25) is 9.03 Å². The molecule has 0 aromatic carbocycles. The molecule has 0 aliphatic carbocycles. The van der Waals surface area contributed by atoms with E-state index in [1.54, 1.807) is 0 Å². The van der Waals surface area contributed by atoms with Gasteiger partial charge < -0.3 is 5.73 Å². The summed E-state index contributed by atoms with van der Waals surface area (Å²) < 4.78 is -1.92. The molecule has 13 heavy (non-hydrogen) atoms. The Morgan fingerprint density at radius 3 is 1.77 bits per heavy atom. The number of ketones is 1. The molecule has 2 N–H and O–H groups in total. The Hall–Kier alpha value is 0.520. The number of amides is 1. The van der Waals surface area contributed by atoms with Crippen LogP contribution in [-0.2, 0) is 9.59 Å². The zero-order valence-electron chi connectivity index (χ0n) is 5.78. The molecule has 0 rings (SSSR count). The minimum atomic E-state index is -1.92. The highest BCUT2D eigenvalue weighted by atomic mass is 79.9. The zero-order valence-corrected chi connectivity index (χ0v) is 10.4. The third-order valence-electron chi connectivity index (χ3n) is 0.866. The van der Waals surface area contributed by atoms with E-state index in [1.165, 1.54) is 0 Å². The molecule has 0 spiro atoms. The Balaban J connectivity index is 5.01. The van der Waals surface area contributed by atoms with Gasteiger partial charge >= 0.3 is 0 Å². The first-order valence-corrected chi connectivity index (χ1v) is 4.95. The molecule has 1 amide bonds. The highest BCUT2D eigenvalue weighted by Gasteiger charge is 2.34. The molecule has 0 fully saturated rings. The lowest BCUT2D eigenvalue weighted by Gasteiger charge is -2.08. The number of primary amides is 1. The van der Waals surface area contributed by atoms with Gasteiger partial charge in [0, 0.05) is 0 Å². The van der Waals surface area contributed by atoms with E-state index < -0.39 is 25.0 Å². The molecule has 0 saturated carbocycles. The van der Waals surface area contributed by atoms with Crippen molar-refractivity contribution in [1.82, 2.24) is 0 Å². The Bertz CT molecular complexity index is 283. The average Bonchev–Trinajstić information content (AvgIpc) is 1.98. The minimum absolute atomic E-state index is 0.614. The largest absolute Gasteiger partial charge is 0.365 e. The number of halogens is 5. The third-order valence-corrected chi connectivity index (χ3v) is 2.40. The van der Waals surface area contributed by atoms with Gasteiger partial charge in [-0.05, 0) is 15.9 Å². The minimum Gasteiger partial charge on any atom is -0.365 e. The first-order valence-electron chi connectivity index (χ1n) is 2.64. The van der Waals surface area contributed by atoms with Crippen molar-refractivity contribution >= 4 is 74.0 Å². The van der Waals surface area contributed by atoms with E-state index in [9.17, 15) is 9.59 Å². The number of hydrogen-bond acceptors (Lipinski definition) is 2. The Morgan fingerprint density at radius 1 is 1.15 bits per heavy atom. The lowest BCUT2D eigenvalue weighted by molar-refractivity contribution is -0.116. The van der Waals surface area contributed by atoms with Crippen molar-refractivity contribution in [3.05, 3.63) is 10.1 Å². The highest BCUT2D eigenvalue weighted by Crippen LogP contribution is 2.34. The van der Waals surface area contributed by atoms with Crippen molar-refractivity contribution in [3.8, 4) is 0 Å². The number of hydrogen-bond donors (Lipinski definition) is 1. The van der Waals surface area contributed by atoms with Gasteiger partial charge in [0.05, 0.1) is 0 Å². The van der Waals surface area contributed by atoms with Crippen molar-refractivity contribution in [1.29, 1.82) is 0 Å². The topological polar surface area (TPSA) is 60.2 Å². The number of allylic oxidation sites excluding steroid dienone is 1. The fourth-order valence-corrected chi connectivity index (χ4v) is 1.25. The smallest absolute Gasteiger partial charge is 0.261 e. The van der Waals surface area contributed by atoms with Crippen LogP contribution in [0.15, 0.2) is 10.1 Å². The predicted octanol–water partition coefficient (Wildman–Crippen LogP) is 2.26. The van der Waals surface area contributed by atoms with Gasteiger partial charge in [-0.15, -0.1) is 0 Å². The fraction of sp³-hybridized carbons (Fsp3) is 0.200. The van der Waals surface area contributed by atoms with Crippen LogP contribution in [-0.4, -0.2) is 14.9 Å². The maximum atomic E-state index is 11.1. The van der Waals surface area contributed by atoms with Crippen LogP contribution in [0.25, 0.3) is 0 Å². The second-order valence-electron chi connectivity index (χ2n) is 1.82. The molecule has 74 valence electrons. The summed E-state index contributed by atoms with van der Waals surface area (Å²) in [7, 11) is 0.